The Labute approximate surface area is 186 Å². The summed E-state index contributed by atoms with van der Waals surface area (Å²) in [7, 11) is -0.764. The van der Waals surface area contributed by atoms with Crippen molar-refractivity contribution >= 4 is 33.2 Å². The number of nitrogens with one attached hydrogen (secondary N) is 2. The Morgan fingerprint density at radius 3 is 2.22 bits per heavy atom. The number of benzene rings is 3. The molecule has 3 rings (SSSR count). The van der Waals surface area contributed by atoms with E-state index < -0.39 is 15.9 Å². The number of hydrogen-bond donors (Lipinski definition) is 2. The Kier molecular flexibility index (Phi) is 7.24. The van der Waals surface area contributed by atoms with Gasteiger partial charge in [0, 0.05) is 25.5 Å². The molecule has 0 fully saturated rings. The second-order valence-electron chi connectivity index (χ2n) is 6.97. The van der Waals surface area contributed by atoms with Crippen molar-refractivity contribution in [1.29, 1.82) is 0 Å². The monoisotopic (exact) mass is 453 g/mol. The van der Waals surface area contributed by atoms with Gasteiger partial charge < -0.3 is 15.4 Å². The van der Waals surface area contributed by atoms with Crippen LogP contribution in [0.2, 0.25) is 0 Å². The summed E-state index contributed by atoms with van der Waals surface area (Å²) in [5.74, 6) is -0.614. The van der Waals surface area contributed by atoms with Crippen LogP contribution in [0, 0.1) is 0 Å². The van der Waals surface area contributed by atoms with Crippen molar-refractivity contribution in [3.63, 3.8) is 0 Å². The van der Waals surface area contributed by atoms with E-state index in [1.165, 1.54) is 32.3 Å². The topological polar surface area (TPSA) is 105 Å². The van der Waals surface area contributed by atoms with Gasteiger partial charge in [0.1, 0.15) is 5.75 Å². The van der Waals surface area contributed by atoms with Gasteiger partial charge in [-0.1, -0.05) is 36.4 Å². The average molecular weight is 454 g/mol. The van der Waals surface area contributed by atoms with E-state index in [9.17, 15) is 18.0 Å². The molecule has 3 aromatic carbocycles. The maximum Gasteiger partial charge on any atom is 0.262 e. The number of nitrogens with zero attached hydrogens (tertiary/aromatic N) is 1. The Hall–Kier alpha value is -3.69. The van der Waals surface area contributed by atoms with E-state index in [0.29, 0.717) is 11.4 Å². The molecule has 0 atom stereocenters. The molecule has 0 aromatic heterocycles. The molecular weight excluding hydrogens is 430 g/mol. The average Bonchev–Trinajstić information content (AvgIpc) is 2.78. The fourth-order valence-electron chi connectivity index (χ4n) is 2.79. The SMILES string of the molecule is CN(C)S(=O)(=O)c1cccc(NC(=O)COc2ccccc2C(=O)Nc2ccccc2)c1. The van der Waals surface area contributed by atoms with Crippen molar-refractivity contribution in [2.45, 2.75) is 4.90 Å². The molecule has 32 heavy (non-hydrogen) atoms. The first-order valence-electron chi connectivity index (χ1n) is 9.68. The van der Waals surface area contributed by atoms with Crippen LogP contribution in [0.5, 0.6) is 5.75 Å². The molecule has 0 aliphatic heterocycles. The van der Waals surface area contributed by atoms with Gasteiger partial charge >= 0.3 is 0 Å². The summed E-state index contributed by atoms with van der Waals surface area (Å²) in [6.07, 6.45) is 0. The minimum absolute atomic E-state index is 0.0594. The van der Waals surface area contributed by atoms with E-state index in [4.69, 9.17) is 4.74 Å². The van der Waals surface area contributed by atoms with Crippen LogP contribution in [0.15, 0.2) is 83.8 Å². The van der Waals surface area contributed by atoms with E-state index in [1.54, 1.807) is 54.6 Å². The number of hydrogen-bond acceptors (Lipinski definition) is 5. The van der Waals surface area contributed by atoms with Crippen molar-refractivity contribution in [1.82, 2.24) is 4.31 Å². The zero-order chi connectivity index (χ0) is 23.1. The smallest absolute Gasteiger partial charge is 0.262 e. The maximum absolute atomic E-state index is 12.6. The molecule has 166 valence electrons. The number of carbonyl (C=O) groups is 2. The third kappa shape index (κ3) is 5.71. The molecule has 2 N–H and O–H groups in total. The van der Waals surface area contributed by atoms with Crippen molar-refractivity contribution < 1.29 is 22.7 Å². The summed E-state index contributed by atoms with van der Waals surface area (Å²) < 4.78 is 31.2. The van der Waals surface area contributed by atoms with Gasteiger partial charge in [-0.2, -0.15) is 0 Å². The molecule has 0 bridgehead atoms. The van der Waals surface area contributed by atoms with Crippen LogP contribution in [-0.2, 0) is 14.8 Å². The Bertz CT molecular complexity index is 1210. The zero-order valence-corrected chi connectivity index (χ0v) is 18.4. The first-order chi connectivity index (χ1) is 15.3. The van der Waals surface area contributed by atoms with Gasteiger partial charge in [0.25, 0.3) is 11.8 Å². The molecule has 0 spiro atoms. The Balaban J connectivity index is 1.65. The Morgan fingerprint density at radius 2 is 1.50 bits per heavy atom. The second-order valence-corrected chi connectivity index (χ2v) is 9.12. The van der Waals surface area contributed by atoms with Gasteiger partial charge in [0.2, 0.25) is 10.0 Å². The van der Waals surface area contributed by atoms with Crippen LogP contribution in [0.3, 0.4) is 0 Å². The maximum atomic E-state index is 12.6. The summed E-state index contributed by atoms with van der Waals surface area (Å²) in [6.45, 7) is -0.361. The molecule has 0 unspecified atom stereocenters. The first-order valence-corrected chi connectivity index (χ1v) is 11.1. The van der Waals surface area contributed by atoms with E-state index in [2.05, 4.69) is 10.6 Å². The second kappa shape index (κ2) is 10.1. The van der Waals surface area contributed by atoms with Crippen molar-refractivity contribution in [2.24, 2.45) is 0 Å². The molecule has 3 aromatic rings. The number of carbonyl (C=O) groups excluding carboxylic acids is 2. The van der Waals surface area contributed by atoms with E-state index in [0.717, 1.165) is 4.31 Å². The number of ether oxygens (including phenoxy) is 1. The molecule has 0 aliphatic carbocycles. The van der Waals surface area contributed by atoms with Gasteiger partial charge in [0.05, 0.1) is 10.5 Å². The highest BCUT2D eigenvalue weighted by atomic mass is 32.2. The number of rotatable bonds is 8. The van der Waals surface area contributed by atoms with Gasteiger partial charge in [-0.3, -0.25) is 9.59 Å². The third-order valence-corrected chi connectivity index (χ3v) is 6.23. The van der Waals surface area contributed by atoms with E-state index in [-0.39, 0.29) is 28.7 Å². The summed E-state index contributed by atoms with van der Waals surface area (Å²) in [5.41, 5.74) is 1.23. The molecule has 9 heteroatoms. The minimum atomic E-state index is -3.63. The highest BCUT2D eigenvalue weighted by Gasteiger charge is 2.18. The van der Waals surface area contributed by atoms with Crippen LogP contribution < -0.4 is 15.4 Å². The number of amides is 2. The Morgan fingerprint density at radius 1 is 0.844 bits per heavy atom. The number of para-hydroxylation sites is 2. The van der Waals surface area contributed by atoms with Crippen LogP contribution in [-0.4, -0.2) is 45.2 Å². The highest BCUT2D eigenvalue weighted by Crippen LogP contribution is 2.21. The molecule has 0 heterocycles. The van der Waals surface area contributed by atoms with Crippen LogP contribution in [0.4, 0.5) is 11.4 Å². The lowest BCUT2D eigenvalue weighted by Gasteiger charge is -2.13. The molecule has 0 saturated carbocycles. The minimum Gasteiger partial charge on any atom is -0.483 e. The fourth-order valence-corrected chi connectivity index (χ4v) is 3.73. The lowest BCUT2D eigenvalue weighted by atomic mass is 10.2. The summed E-state index contributed by atoms with van der Waals surface area (Å²) >= 11 is 0. The lowest BCUT2D eigenvalue weighted by Crippen LogP contribution is -2.23. The highest BCUT2D eigenvalue weighted by molar-refractivity contribution is 7.89. The molecule has 0 aliphatic rings. The van der Waals surface area contributed by atoms with Crippen LogP contribution in [0.1, 0.15) is 10.4 Å². The van der Waals surface area contributed by atoms with E-state index in [1.807, 2.05) is 6.07 Å². The predicted octanol–water partition coefficient (Wildman–Crippen LogP) is 3.21. The molecule has 8 nitrogen and oxygen atoms in total. The van der Waals surface area contributed by atoms with Crippen molar-refractivity contribution in [2.75, 3.05) is 31.3 Å². The van der Waals surface area contributed by atoms with Gasteiger partial charge in [-0.15, -0.1) is 0 Å². The van der Waals surface area contributed by atoms with Crippen molar-refractivity contribution in [3.05, 3.63) is 84.4 Å². The van der Waals surface area contributed by atoms with Crippen LogP contribution in [0.25, 0.3) is 0 Å². The molecule has 2 amide bonds. The molecule has 0 saturated heterocycles. The van der Waals surface area contributed by atoms with E-state index >= 15 is 0 Å². The summed E-state index contributed by atoms with van der Waals surface area (Å²) in [6, 6.07) is 21.5. The number of sulfonamides is 1. The van der Waals surface area contributed by atoms with Gasteiger partial charge in [0.15, 0.2) is 6.61 Å². The summed E-state index contributed by atoms with van der Waals surface area (Å²) in [5, 5.41) is 5.38. The van der Waals surface area contributed by atoms with Gasteiger partial charge in [-0.05, 0) is 42.5 Å². The quantitative estimate of drug-likeness (QED) is 0.545. The molecular formula is C23H23N3O5S. The van der Waals surface area contributed by atoms with Crippen LogP contribution >= 0.6 is 0 Å². The fraction of sp³-hybridized carbons (Fsp3) is 0.130. The number of anilines is 2. The molecule has 0 radical (unpaired) electrons. The lowest BCUT2D eigenvalue weighted by molar-refractivity contribution is -0.118. The van der Waals surface area contributed by atoms with Gasteiger partial charge in [-0.25, -0.2) is 12.7 Å². The normalized spacial score (nSPS) is 11.1. The third-order valence-electron chi connectivity index (χ3n) is 4.42. The zero-order valence-electron chi connectivity index (χ0n) is 17.6. The largest absolute Gasteiger partial charge is 0.483 e. The standard InChI is InChI=1S/C23H23N3O5S/c1-26(2)32(29,30)19-12-8-11-18(15-19)24-22(27)16-31-21-14-7-6-13-20(21)23(28)25-17-9-4-3-5-10-17/h3-15H,16H2,1-2H3,(H,24,27)(H,25,28). The summed E-state index contributed by atoms with van der Waals surface area (Å²) in [4.78, 5) is 25.0. The first kappa shape index (κ1) is 23.0. The van der Waals surface area contributed by atoms with Crippen molar-refractivity contribution in [3.8, 4) is 5.75 Å². The predicted molar refractivity (Wildman–Crippen MR) is 122 cm³/mol.